The van der Waals surface area contributed by atoms with Crippen LogP contribution in [0.2, 0.25) is 0 Å². The summed E-state index contributed by atoms with van der Waals surface area (Å²) in [7, 11) is 0. The van der Waals surface area contributed by atoms with E-state index in [-0.39, 0.29) is 0 Å². The zero-order valence-electron chi connectivity index (χ0n) is 13.3. The van der Waals surface area contributed by atoms with Gasteiger partial charge in [0.2, 0.25) is 0 Å². The second-order valence-corrected chi connectivity index (χ2v) is 6.08. The Morgan fingerprint density at radius 1 is 1.04 bits per heavy atom. The summed E-state index contributed by atoms with van der Waals surface area (Å²) in [4.78, 5) is 29.0. The standard InChI is InChI=1S/C17H17N3O3S/c1-3-23-12-6-4-11(5-7-12)20-24-15-9-14-13(8-10(15)2)18-16(21)17(22)19-14/h4-9,20H,3H2,1-2H3,(H,18,21)(H,19,22). The third kappa shape index (κ3) is 3.46. The van der Waals surface area contributed by atoms with Crippen molar-refractivity contribution in [1.82, 2.24) is 9.97 Å². The highest BCUT2D eigenvalue weighted by molar-refractivity contribution is 8.00. The van der Waals surface area contributed by atoms with E-state index < -0.39 is 11.1 Å². The van der Waals surface area contributed by atoms with Gasteiger partial charge in [-0.05, 0) is 67.8 Å². The fourth-order valence-corrected chi connectivity index (χ4v) is 3.02. The molecule has 0 aliphatic carbocycles. The molecule has 0 radical (unpaired) electrons. The van der Waals surface area contributed by atoms with E-state index in [0.717, 1.165) is 21.9 Å². The Bertz CT molecular complexity index is 977. The Kier molecular flexibility index (Phi) is 4.61. The summed E-state index contributed by atoms with van der Waals surface area (Å²) in [5, 5.41) is 0. The fraction of sp³-hybridized carbons (Fsp3) is 0.176. The third-order valence-corrected chi connectivity index (χ3v) is 4.46. The number of aryl methyl sites for hydroxylation is 1. The fourth-order valence-electron chi connectivity index (χ4n) is 2.26. The quantitative estimate of drug-likeness (QED) is 0.490. The highest BCUT2D eigenvalue weighted by atomic mass is 32.2. The van der Waals surface area contributed by atoms with Gasteiger partial charge in [0.25, 0.3) is 0 Å². The molecule has 3 aromatic rings. The summed E-state index contributed by atoms with van der Waals surface area (Å²) in [6.45, 7) is 4.53. The molecule has 6 nitrogen and oxygen atoms in total. The predicted octanol–water partition coefficient (Wildman–Crippen LogP) is 3.04. The van der Waals surface area contributed by atoms with Crippen molar-refractivity contribution in [1.29, 1.82) is 0 Å². The van der Waals surface area contributed by atoms with E-state index in [0.29, 0.717) is 17.6 Å². The molecule has 0 atom stereocenters. The van der Waals surface area contributed by atoms with Crippen molar-refractivity contribution >= 4 is 28.7 Å². The molecule has 0 fully saturated rings. The SMILES string of the molecule is CCOc1ccc(NSc2cc3[nH]c(=O)c(=O)[nH]c3cc2C)cc1. The van der Waals surface area contributed by atoms with Crippen LogP contribution in [0, 0.1) is 6.92 Å². The maximum atomic E-state index is 11.5. The summed E-state index contributed by atoms with van der Waals surface area (Å²) in [6, 6.07) is 11.4. The number of nitrogens with one attached hydrogen (secondary N) is 3. The molecule has 0 unspecified atom stereocenters. The monoisotopic (exact) mass is 343 g/mol. The summed E-state index contributed by atoms with van der Waals surface area (Å²) in [6.07, 6.45) is 0. The second kappa shape index (κ2) is 6.84. The Balaban J connectivity index is 1.81. The van der Waals surface area contributed by atoms with Crippen LogP contribution < -0.4 is 20.6 Å². The molecule has 1 heterocycles. The van der Waals surface area contributed by atoms with E-state index in [1.54, 1.807) is 0 Å². The molecule has 0 saturated carbocycles. The van der Waals surface area contributed by atoms with Crippen molar-refractivity contribution in [3.63, 3.8) is 0 Å². The highest BCUT2D eigenvalue weighted by Gasteiger charge is 2.06. The minimum atomic E-state index is -0.651. The minimum absolute atomic E-state index is 0.598. The lowest BCUT2D eigenvalue weighted by molar-refractivity contribution is 0.340. The number of H-pyrrole nitrogens is 2. The summed E-state index contributed by atoms with van der Waals surface area (Å²) < 4.78 is 8.67. The van der Waals surface area contributed by atoms with Crippen LogP contribution in [-0.2, 0) is 0 Å². The van der Waals surface area contributed by atoms with E-state index in [4.69, 9.17) is 4.74 Å². The lowest BCUT2D eigenvalue weighted by atomic mass is 10.2. The number of aromatic nitrogens is 2. The molecule has 0 saturated heterocycles. The molecule has 0 spiro atoms. The van der Waals surface area contributed by atoms with Crippen molar-refractivity contribution in [2.24, 2.45) is 0 Å². The van der Waals surface area contributed by atoms with Crippen LogP contribution in [0.4, 0.5) is 5.69 Å². The summed E-state index contributed by atoms with van der Waals surface area (Å²) in [5.41, 5.74) is 1.85. The molecule has 0 amide bonds. The first-order chi connectivity index (χ1) is 11.6. The molecule has 2 aromatic carbocycles. The molecule has 0 bridgehead atoms. The van der Waals surface area contributed by atoms with Crippen LogP contribution in [0.15, 0.2) is 50.9 Å². The number of fused-ring (bicyclic) bond motifs is 1. The third-order valence-electron chi connectivity index (χ3n) is 3.46. The van der Waals surface area contributed by atoms with Gasteiger partial charge < -0.3 is 19.4 Å². The van der Waals surface area contributed by atoms with Crippen molar-refractivity contribution in [3.05, 3.63) is 62.7 Å². The van der Waals surface area contributed by atoms with Gasteiger partial charge in [-0.3, -0.25) is 9.59 Å². The molecular weight excluding hydrogens is 326 g/mol. The van der Waals surface area contributed by atoms with Gasteiger partial charge in [-0.1, -0.05) is 0 Å². The van der Waals surface area contributed by atoms with Crippen LogP contribution in [0.1, 0.15) is 12.5 Å². The van der Waals surface area contributed by atoms with Gasteiger partial charge in [-0.25, -0.2) is 0 Å². The molecule has 1 aromatic heterocycles. The number of hydrogen-bond donors (Lipinski definition) is 3. The molecule has 3 rings (SSSR count). The average molecular weight is 343 g/mol. The normalized spacial score (nSPS) is 10.8. The van der Waals surface area contributed by atoms with E-state index in [1.807, 2.05) is 50.2 Å². The first kappa shape index (κ1) is 16.2. The number of anilines is 1. The number of aromatic amines is 2. The smallest absolute Gasteiger partial charge is 0.314 e. The molecule has 24 heavy (non-hydrogen) atoms. The Morgan fingerprint density at radius 3 is 2.29 bits per heavy atom. The highest BCUT2D eigenvalue weighted by Crippen LogP contribution is 2.27. The molecule has 0 aliphatic rings. The van der Waals surface area contributed by atoms with E-state index in [9.17, 15) is 9.59 Å². The number of rotatable bonds is 5. The molecule has 7 heteroatoms. The van der Waals surface area contributed by atoms with Crippen LogP contribution in [0.25, 0.3) is 11.0 Å². The first-order valence-electron chi connectivity index (χ1n) is 7.49. The largest absolute Gasteiger partial charge is 0.494 e. The maximum absolute atomic E-state index is 11.5. The molecule has 3 N–H and O–H groups in total. The Morgan fingerprint density at radius 2 is 1.67 bits per heavy atom. The van der Waals surface area contributed by atoms with Crippen LogP contribution >= 0.6 is 11.9 Å². The second-order valence-electron chi connectivity index (χ2n) is 5.23. The van der Waals surface area contributed by atoms with Crippen molar-refractivity contribution in [2.75, 3.05) is 11.3 Å². The van der Waals surface area contributed by atoms with Gasteiger partial charge in [0.1, 0.15) is 5.75 Å². The van der Waals surface area contributed by atoms with E-state index in [1.165, 1.54) is 11.9 Å². The van der Waals surface area contributed by atoms with Crippen LogP contribution in [0.5, 0.6) is 5.75 Å². The van der Waals surface area contributed by atoms with E-state index in [2.05, 4.69) is 14.7 Å². The Labute approximate surface area is 142 Å². The zero-order chi connectivity index (χ0) is 17.1. The maximum Gasteiger partial charge on any atom is 0.314 e. The van der Waals surface area contributed by atoms with Gasteiger partial charge in [-0.2, -0.15) is 0 Å². The van der Waals surface area contributed by atoms with Crippen molar-refractivity contribution in [2.45, 2.75) is 18.7 Å². The van der Waals surface area contributed by atoms with Gasteiger partial charge in [-0.15, -0.1) is 0 Å². The van der Waals surface area contributed by atoms with E-state index >= 15 is 0 Å². The van der Waals surface area contributed by atoms with Crippen LogP contribution in [-0.4, -0.2) is 16.6 Å². The van der Waals surface area contributed by atoms with Gasteiger partial charge >= 0.3 is 11.1 Å². The zero-order valence-corrected chi connectivity index (χ0v) is 14.1. The van der Waals surface area contributed by atoms with Crippen molar-refractivity contribution in [3.8, 4) is 5.75 Å². The predicted molar refractivity (Wildman–Crippen MR) is 97.0 cm³/mol. The topological polar surface area (TPSA) is 87.0 Å². The number of hydrogen-bond acceptors (Lipinski definition) is 5. The summed E-state index contributed by atoms with van der Waals surface area (Å²) >= 11 is 1.44. The molecule has 0 aliphatic heterocycles. The van der Waals surface area contributed by atoms with Crippen LogP contribution in [0.3, 0.4) is 0 Å². The molecule has 124 valence electrons. The number of benzene rings is 2. The molecular formula is C17H17N3O3S. The minimum Gasteiger partial charge on any atom is -0.494 e. The number of ether oxygens (including phenoxy) is 1. The lowest BCUT2D eigenvalue weighted by Crippen LogP contribution is -2.28. The first-order valence-corrected chi connectivity index (χ1v) is 8.31. The summed E-state index contributed by atoms with van der Waals surface area (Å²) in [5.74, 6) is 0.830. The van der Waals surface area contributed by atoms with Gasteiger partial charge in [0, 0.05) is 10.6 Å². The average Bonchev–Trinajstić information content (AvgIpc) is 2.56. The van der Waals surface area contributed by atoms with Gasteiger partial charge in [0.15, 0.2) is 0 Å². The van der Waals surface area contributed by atoms with Gasteiger partial charge in [0.05, 0.1) is 17.6 Å². The lowest BCUT2D eigenvalue weighted by Gasteiger charge is -2.10. The van der Waals surface area contributed by atoms with Crippen molar-refractivity contribution < 1.29 is 4.74 Å². The Hall–Kier alpha value is -2.67.